The Labute approximate surface area is 107 Å². The zero-order valence-electron chi connectivity index (χ0n) is 9.72. The minimum absolute atomic E-state index is 0.394. The average molecular weight is 262 g/mol. The Morgan fingerprint density at radius 3 is 2.47 bits per heavy atom. The fourth-order valence-electron chi connectivity index (χ4n) is 1.92. The van der Waals surface area contributed by atoms with Crippen LogP contribution in [0.3, 0.4) is 0 Å². The summed E-state index contributed by atoms with van der Waals surface area (Å²) < 4.78 is 39.4. The minimum atomic E-state index is -4.34. The van der Waals surface area contributed by atoms with E-state index >= 15 is 0 Å². The summed E-state index contributed by atoms with van der Waals surface area (Å²) in [5.41, 5.74) is 0.468. The molecule has 0 unspecified atom stereocenters. The molecule has 0 amide bonds. The van der Waals surface area contributed by atoms with Gasteiger partial charge < -0.3 is 0 Å². The monoisotopic (exact) mass is 262 g/mol. The molecule has 2 aromatic carbocycles. The van der Waals surface area contributed by atoms with Crippen molar-refractivity contribution in [3.63, 3.8) is 0 Å². The third kappa shape index (κ3) is 2.19. The fraction of sp³-hybridized carbons (Fsp3) is 0.0714. The molecule has 0 saturated carbocycles. The molecule has 96 valence electrons. The van der Waals surface area contributed by atoms with Crippen LogP contribution < -0.4 is 0 Å². The van der Waals surface area contributed by atoms with Crippen LogP contribution in [0.5, 0.6) is 0 Å². The van der Waals surface area contributed by atoms with Crippen molar-refractivity contribution in [3.8, 4) is 5.69 Å². The summed E-state index contributed by atoms with van der Waals surface area (Å²) in [5.74, 6) is 0. The summed E-state index contributed by atoms with van der Waals surface area (Å²) in [6.45, 7) is 0. The van der Waals surface area contributed by atoms with Crippen LogP contribution in [0.2, 0.25) is 0 Å². The molecule has 0 fully saturated rings. The second-order valence-electron chi connectivity index (χ2n) is 4.18. The highest BCUT2D eigenvalue weighted by molar-refractivity contribution is 5.78. The number of halogens is 3. The molecule has 0 aliphatic rings. The molecule has 0 N–H and O–H groups in total. The van der Waals surface area contributed by atoms with Gasteiger partial charge in [0.25, 0.3) is 0 Å². The minimum Gasteiger partial charge on any atom is -0.240 e. The van der Waals surface area contributed by atoms with E-state index in [2.05, 4.69) is 5.10 Å². The van der Waals surface area contributed by atoms with Crippen molar-refractivity contribution in [2.45, 2.75) is 6.18 Å². The maximum atomic E-state index is 12.7. The molecule has 0 aliphatic carbocycles. The van der Waals surface area contributed by atoms with E-state index < -0.39 is 11.7 Å². The van der Waals surface area contributed by atoms with Gasteiger partial charge in [0.2, 0.25) is 0 Å². The molecule has 0 saturated heterocycles. The molecule has 0 bridgehead atoms. The van der Waals surface area contributed by atoms with Crippen LogP contribution in [0.1, 0.15) is 5.56 Å². The van der Waals surface area contributed by atoms with Gasteiger partial charge >= 0.3 is 6.18 Å². The first-order valence-corrected chi connectivity index (χ1v) is 5.66. The molecule has 0 aliphatic heterocycles. The smallest absolute Gasteiger partial charge is 0.240 e. The average Bonchev–Trinajstić information content (AvgIpc) is 2.81. The highest BCUT2D eigenvalue weighted by atomic mass is 19.4. The maximum absolute atomic E-state index is 12.7. The van der Waals surface area contributed by atoms with Gasteiger partial charge in [0.1, 0.15) is 0 Å². The Hall–Kier alpha value is -2.30. The number of aromatic nitrogens is 2. The van der Waals surface area contributed by atoms with Gasteiger partial charge in [-0.1, -0.05) is 24.3 Å². The lowest BCUT2D eigenvalue weighted by molar-refractivity contribution is -0.137. The van der Waals surface area contributed by atoms with Crippen molar-refractivity contribution in [1.82, 2.24) is 9.78 Å². The molecule has 0 spiro atoms. The molecule has 3 aromatic rings. The SMILES string of the molecule is FC(F)(F)c1cccc(-n2cc3ccccc3n2)c1. The highest BCUT2D eigenvalue weighted by Gasteiger charge is 2.30. The van der Waals surface area contributed by atoms with Crippen LogP contribution in [0.15, 0.2) is 54.7 Å². The fourth-order valence-corrected chi connectivity index (χ4v) is 1.92. The van der Waals surface area contributed by atoms with Crippen molar-refractivity contribution in [2.75, 3.05) is 0 Å². The first kappa shape index (κ1) is 11.8. The van der Waals surface area contributed by atoms with Crippen LogP contribution in [0.4, 0.5) is 13.2 Å². The van der Waals surface area contributed by atoms with Gasteiger partial charge in [0, 0.05) is 11.6 Å². The second-order valence-corrected chi connectivity index (χ2v) is 4.18. The Bertz CT molecular complexity index is 696. The summed E-state index contributed by atoms with van der Waals surface area (Å²) >= 11 is 0. The topological polar surface area (TPSA) is 17.8 Å². The molecule has 0 atom stereocenters. The van der Waals surface area contributed by atoms with Gasteiger partial charge in [-0.2, -0.15) is 18.3 Å². The van der Waals surface area contributed by atoms with Gasteiger partial charge in [0.05, 0.1) is 16.8 Å². The van der Waals surface area contributed by atoms with Crippen LogP contribution in [0.25, 0.3) is 16.6 Å². The van der Waals surface area contributed by atoms with Crippen molar-refractivity contribution < 1.29 is 13.2 Å². The number of hydrogen-bond donors (Lipinski definition) is 0. The number of nitrogens with zero attached hydrogens (tertiary/aromatic N) is 2. The van der Waals surface area contributed by atoms with Crippen molar-refractivity contribution in [1.29, 1.82) is 0 Å². The zero-order valence-corrected chi connectivity index (χ0v) is 9.72. The molecule has 5 heteroatoms. The Kier molecular flexibility index (Phi) is 2.55. The van der Waals surface area contributed by atoms with E-state index in [-0.39, 0.29) is 0 Å². The second kappa shape index (κ2) is 4.12. The molecule has 3 rings (SSSR count). The normalized spacial score (nSPS) is 11.9. The lowest BCUT2D eigenvalue weighted by Gasteiger charge is -2.08. The van der Waals surface area contributed by atoms with E-state index in [1.165, 1.54) is 10.7 Å². The summed E-state index contributed by atoms with van der Waals surface area (Å²) in [7, 11) is 0. The first-order valence-electron chi connectivity index (χ1n) is 5.66. The summed E-state index contributed by atoms with van der Waals surface area (Å²) in [6.07, 6.45) is -2.63. The van der Waals surface area contributed by atoms with Crippen molar-refractivity contribution >= 4 is 10.9 Å². The largest absolute Gasteiger partial charge is 0.416 e. The van der Waals surface area contributed by atoms with Gasteiger partial charge in [-0.3, -0.25) is 0 Å². The van der Waals surface area contributed by atoms with Crippen LogP contribution >= 0.6 is 0 Å². The van der Waals surface area contributed by atoms with Crippen molar-refractivity contribution in [3.05, 3.63) is 60.3 Å². The number of fused-ring (bicyclic) bond motifs is 1. The van der Waals surface area contributed by atoms with Crippen molar-refractivity contribution in [2.24, 2.45) is 0 Å². The quantitative estimate of drug-likeness (QED) is 0.647. The third-order valence-electron chi connectivity index (χ3n) is 2.85. The summed E-state index contributed by atoms with van der Waals surface area (Å²) in [6, 6.07) is 12.5. The number of hydrogen-bond acceptors (Lipinski definition) is 1. The summed E-state index contributed by atoms with van der Waals surface area (Å²) in [4.78, 5) is 0. The predicted molar refractivity (Wildman–Crippen MR) is 66.1 cm³/mol. The lowest BCUT2D eigenvalue weighted by atomic mass is 10.2. The molecular weight excluding hydrogens is 253 g/mol. The lowest BCUT2D eigenvalue weighted by Crippen LogP contribution is -2.06. The molecule has 19 heavy (non-hydrogen) atoms. The van der Waals surface area contributed by atoms with E-state index in [1.54, 1.807) is 12.3 Å². The van der Waals surface area contributed by atoms with Crippen LogP contribution in [0, 0.1) is 0 Å². The number of benzene rings is 2. The highest BCUT2D eigenvalue weighted by Crippen LogP contribution is 2.30. The third-order valence-corrected chi connectivity index (χ3v) is 2.85. The van der Waals surface area contributed by atoms with Gasteiger partial charge in [-0.05, 0) is 24.3 Å². The van der Waals surface area contributed by atoms with E-state index in [0.29, 0.717) is 5.69 Å². The standard InChI is InChI=1S/C14H9F3N2/c15-14(16,17)11-5-3-6-12(8-11)19-9-10-4-1-2-7-13(10)18-19/h1-9H. The Morgan fingerprint density at radius 2 is 1.74 bits per heavy atom. The zero-order chi connectivity index (χ0) is 13.5. The predicted octanol–water partition coefficient (Wildman–Crippen LogP) is 4.04. The first-order chi connectivity index (χ1) is 9.04. The van der Waals surface area contributed by atoms with E-state index in [9.17, 15) is 13.2 Å². The van der Waals surface area contributed by atoms with Gasteiger partial charge in [0.15, 0.2) is 0 Å². The van der Waals surface area contributed by atoms with Crippen LogP contribution in [-0.2, 0) is 6.18 Å². The molecular formula is C14H9F3N2. The maximum Gasteiger partial charge on any atom is 0.416 e. The van der Waals surface area contributed by atoms with Crippen LogP contribution in [-0.4, -0.2) is 9.78 Å². The summed E-state index contributed by atoms with van der Waals surface area (Å²) in [5, 5.41) is 5.14. The number of alkyl halides is 3. The van der Waals surface area contributed by atoms with E-state index in [1.807, 2.05) is 24.3 Å². The molecule has 2 nitrogen and oxygen atoms in total. The van der Waals surface area contributed by atoms with E-state index in [0.717, 1.165) is 23.0 Å². The number of rotatable bonds is 1. The molecule has 1 heterocycles. The van der Waals surface area contributed by atoms with E-state index in [4.69, 9.17) is 0 Å². The Balaban J connectivity index is 2.11. The molecule has 0 radical (unpaired) electrons. The molecule has 1 aromatic heterocycles. The van der Waals surface area contributed by atoms with Gasteiger partial charge in [-0.15, -0.1) is 0 Å². The Morgan fingerprint density at radius 1 is 0.947 bits per heavy atom. The van der Waals surface area contributed by atoms with Gasteiger partial charge in [-0.25, -0.2) is 4.68 Å².